The summed E-state index contributed by atoms with van der Waals surface area (Å²) in [6.45, 7) is 2.07. The monoisotopic (exact) mass is 533 g/mol. The number of benzene rings is 3. The number of anilines is 1. The van der Waals surface area contributed by atoms with Gasteiger partial charge in [0.2, 0.25) is 5.91 Å². The molecule has 4 aromatic rings. The lowest BCUT2D eigenvalue weighted by Gasteiger charge is -2.11. The molecule has 0 aliphatic heterocycles. The highest BCUT2D eigenvalue weighted by molar-refractivity contribution is 7.99. The second kappa shape index (κ2) is 12.6. The van der Waals surface area contributed by atoms with Gasteiger partial charge in [-0.15, -0.1) is 10.2 Å². The molecule has 11 heteroatoms. The van der Waals surface area contributed by atoms with Crippen LogP contribution in [-0.2, 0) is 16.1 Å². The van der Waals surface area contributed by atoms with Crippen molar-refractivity contribution in [2.45, 2.75) is 18.6 Å². The molecular weight excluding hydrogens is 509 g/mol. The first-order valence-corrected chi connectivity index (χ1v) is 12.7. The summed E-state index contributed by atoms with van der Waals surface area (Å²) in [6.07, 6.45) is 0. The molecule has 2 amide bonds. The van der Waals surface area contributed by atoms with Crippen LogP contribution >= 0.6 is 11.8 Å². The highest BCUT2D eigenvalue weighted by atomic mass is 32.2. The first kappa shape index (κ1) is 26.6. The molecule has 0 aliphatic carbocycles. The van der Waals surface area contributed by atoms with Crippen molar-refractivity contribution in [1.82, 2.24) is 20.1 Å². The van der Waals surface area contributed by atoms with Crippen LogP contribution in [0.25, 0.3) is 5.69 Å². The molecule has 2 N–H and O–H groups in total. The SMILES string of the molecule is CCOC(=O)c1ccc(NC(=O)CSc2nnc(CNC(=O)c3ccccc3)n2-c2ccc(F)cc2)cc1. The summed E-state index contributed by atoms with van der Waals surface area (Å²) in [5.74, 6) is -0.984. The van der Waals surface area contributed by atoms with E-state index in [1.807, 2.05) is 6.07 Å². The summed E-state index contributed by atoms with van der Waals surface area (Å²) in [4.78, 5) is 36.9. The predicted molar refractivity (Wildman–Crippen MR) is 141 cm³/mol. The summed E-state index contributed by atoms with van der Waals surface area (Å²) >= 11 is 1.14. The van der Waals surface area contributed by atoms with E-state index in [2.05, 4.69) is 20.8 Å². The van der Waals surface area contributed by atoms with Crippen molar-refractivity contribution in [3.8, 4) is 5.69 Å². The molecule has 0 aliphatic rings. The Morgan fingerprint density at radius 1 is 0.921 bits per heavy atom. The maximum absolute atomic E-state index is 13.6. The summed E-state index contributed by atoms with van der Waals surface area (Å²) in [6, 6.07) is 20.9. The number of rotatable bonds is 10. The van der Waals surface area contributed by atoms with Crippen LogP contribution in [-0.4, -0.2) is 44.9 Å². The van der Waals surface area contributed by atoms with E-state index in [0.29, 0.717) is 33.5 Å². The van der Waals surface area contributed by atoms with Crippen LogP contribution in [0.5, 0.6) is 0 Å². The molecule has 0 radical (unpaired) electrons. The fourth-order valence-electron chi connectivity index (χ4n) is 3.44. The molecule has 9 nitrogen and oxygen atoms in total. The van der Waals surface area contributed by atoms with E-state index in [1.54, 1.807) is 72.2 Å². The number of ether oxygens (including phenoxy) is 1. The lowest BCUT2D eigenvalue weighted by molar-refractivity contribution is -0.113. The molecule has 0 saturated carbocycles. The van der Waals surface area contributed by atoms with E-state index in [4.69, 9.17) is 4.74 Å². The molecule has 4 rings (SSSR count). The lowest BCUT2D eigenvalue weighted by atomic mass is 10.2. The molecule has 0 spiro atoms. The quantitative estimate of drug-likeness (QED) is 0.231. The maximum atomic E-state index is 13.6. The number of thioether (sulfide) groups is 1. The molecule has 0 saturated heterocycles. The number of carbonyl (C=O) groups is 3. The Morgan fingerprint density at radius 3 is 2.32 bits per heavy atom. The van der Waals surface area contributed by atoms with Gasteiger partial charge in [0.25, 0.3) is 5.91 Å². The first-order valence-electron chi connectivity index (χ1n) is 11.7. The first-order chi connectivity index (χ1) is 18.4. The maximum Gasteiger partial charge on any atom is 0.338 e. The van der Waals surface area contributed by atoms with Gasteiger partial charge in [-0.1, -0.05) is 30.0 Å². The van der Waals surface area contributed by atoms with Gasteiger partial charge >= 0.3 is 5.97 Å². The van der Waals surface area contributed by atoms with E-state index in [0.717, 1.165) is 11.8 Å². The predicted octanol–water partition coefficient (Wildman–Crippen LogP) is 4.24. The van der Waals surface area contributed by atoms with Crippen LogP contribution in [0.1, 0.15) is 33.5 Å². The normalized spacial score (nSPS) is 10.6. The second-order valence-electron chi connectivity index (χ2n) is 7.89. The number of aromatic nitrogens is 3. The minimum absolute atomic E-state index is 0.00926. The van der Waals surface area contributed by atoms with Crippen molar-refractivity contribution in [2.24, 2.45) is 0 Å². The Balaban J connectivity index is 1.44. The Morgan fingerprint density at radius 2 is 1.63 bits per heavy atom. The fourth-order valence-corrected chi connectivity index (χ4v) is 4.21. The number of hydrogen-bond acceptors (Lipinski definition) is 7. The zero-order valence-corrected chi connectivity index (χ0v) is 21.2. The highest BCUT2D eigenvalue weighted by Crippen LogP contribution is 2.23. The molecule has 3 aromatic carbocycles. The second-order valence-corrected chi connectivity index (χ2v) is 8.84. The molecular formula is C27H24FN5O4S. The number of nitrogens with one attached hydrogen (secondary N) is 2. The zero-order valence-electron chi connectivity index (χ0n) is 20.4. The number of amides is 2. The van der Waals surface area contributed by atoms with Gasteiger partial charge in [-0.25, -0.2) is 9.18 Å². The number of hydrogen-bond donors (Lipinski definition) is 2. The molecule has 194 valence electrons. The number of esters is 1. The van der Waals surface area contributed by atoms with Crippen LogP contribution in [0.2, 0.25) is 0 Å². The Labute approximate surface area is 222 Å². The van der Waals surface area contributed by atoms with Gasteiger partial charge in [-0.05, 0) is 67.6 Å². The average molecular weight is 534 g/mol. The van der Waals surface area contributed by atoms with Crippen molar-refractivity contribution in [3.63, 3.8) is 0 Å². The third-order valence-electron chi connectivity index (χ3n) is 5.24. The van der Waals surface area contributed by atoms with Crippen LogP contribution in [0.3, 0.4) is 0 Å². The summed E-state index contributed by atoms with van der Waals surface area (Å²) in [5.41, 5.74) is 1.99. The molecule has 0 atom stereocenters. The average Bonchev–Trinajstić information content (AvgIpc) is 3.34. The largest absolute Gasteiger partial charge is 0.462 e. The summed E-state index contributed by atoms with van der Waals surface area (Å²) in [5, 5.41) is 14.4. The third-order valence-corrected chi connectivity index (χ3v) is 6.17. The Kier molecular flexibility index (Phi) is 8.83. The number of carbonyl (C=O) groups excluding carboxylic acids is 3. The van der Waals surface area contributed by atoms with Crippen LogP contribution in [0.15, 0.2) is 84.0 Å². The molecule has 0 bridgehead atoms. The number of nitrogens with zero attached hydrogens (tertiary/aromatic N) is 3. The van der Waals surface area contributed by atoms with Crippen molar-refractivity contribution >= 4 is 35.2 Å². The minimum atomic E-state index is -0.433. The van der Waals surface area contributed by atoms with Gasteiger partial charge in [-0.2, -0.15) is 0 Å². The van der Waals surface area contributed by atoms with Crippen LogP contribution < -0.4 is 10.6 Å². The van der Waals surface area contributed by atoms with Crippen LogP contribution in [0, 0.1) is 5.82 Å². The van der Waals surface area contributed by atoms with E-state index < -0.39 is 11.8 Å². The molecule has 0 fully saturated rings. The van der Waals surface area contributed by atoms with Gasteiger partial charge in [0, 0.05) is 16.9 Å². The topological polar surface area (TPSA) is 115 Å². The third kappa shape index (κ3) is 6.83. The number of halogens is 1. The van der Waals surface area contributed by atoms with Crippen molar-refractivity contribution in [3.05, 3.63) is 102 Å². The molecule has 38 heavy (non-hydrogen) atoms. The summed E-state index contributed by atoms with van der Waals surface area (Å²) in [7, 11) is 0. The van der Waals surface area contributed by atoms with E-state index in [1.165, 1.54) is 12.1 Å². The highest BCUT2D eigenvalue weighted by Gasteiger charge is 2.17. The van der Waals surface area contributed by atoms with Gasteiger partial charge in [0.05, 0.1) is 24.5 Å². The van der Waals surface area contributed by atoms with Crippen LogP contribution in [0.4, 0.5) is 10.1 Å². The molecule has 1 aromatic heterocycles. The smallest absolute Gasteiger partial charge is 0.338 e. The lowest BCUT2D eigenvalue weighted by Crippen LogP contribution is -2.24. The van der Waals surface area contributed by atoms with Gasteiger partial charge in [0.15, 0.2) is 11.0 Å². The minimum Gasteiger partial charge on any atom is -0.462 e. The van der Waals surface area contributed by atoms with Crippen molar-refractivity contribution in [1.29, 1.82) is 0 Å². The fraction of sp³-hybridized carbons (Fsp3) is 0.148. The van der Waals surface area contributed by atoms with E-state index >= 15 is 0 Å². The van der Waals surface area contributed by atoms with E-state index in [9.17, 15) is 18.8 Å². The van der Waals surface area contributed by atoms with Gasteiger partial charge < -0.3 is 15.4 Å². The summed E-state index contributed by atoms with van der Waals surface area (Å²) < 4.78 is 20.2. The van der Waals surface area contributed by atoms with Crippen molar-refractivity contribution in [2.75, 3.05) is 17.7 Å². The zero-order chi connectivity index (χ0) is 26.9. The van der Waals surface area contributed by atoms with Gasteiger partial charge in [-0.3, -0.25) is 14.2 Å². The Hall–Kier alpha value is -4.51. The molecule has 1 heterocycles. The van der Waals surface area contributed by atoms with Gasteiger partial charge in [0.1, 0.15) is 5.82 Å². The molecule has 0 unspecified atom stereocenters. The van der Waals surface area contributed by atoms with E-state index in [-0.39, 0.29) is 30.7 Å². The van der Waals surface area contributed by atoms with Crippen molar-refractivity contribution < 1.29 is 23.5 Å². The standard InChI is InChI=1S/C27H24FN5O4S/c1-2-37-26(36)19-8-12-21(13-9-19)30-24(34)17-38-27-32-31-23(33(27)22-14-10-20(28)11-15-22)16-29-25(35)18-6-4-3-5-7-18/h3-15H,2,16-17H2,1H3,(H,29,35)(H,30,34). The Bertz CT molecular complexity index is 1410.